The van der Waals surface area contributed by atoms with Crippen molar-refractivity contribution < 1.29 is 9.18 Å². The van der Waals surface area contributed by atoms with Gasteiger partial charge in [0.15, 0.2) is 0 Å². The van der Waals surface area contributed by atoms with E-state index in [2.05, 4.69) is 5.32 Å². The molecule has 1 aliphatic heterocycles. The van der Waals surface area contributed by atoms with Crippen molar-refractivity contribution in [3.63, 3.8) is 0 Å². The van der Waals surface area contributed by atoms with Gasteiger partial charge in [-0.3, -0.25) is 10.1 Å². The van der Waals surface area contributed by atoms with E-state index >= 15 is 0 Å². The molecule has 0 radical (unpaired) electrons. The number of benzene rings is 1. The summed E-state index contributed by atoms with van der Waals surface area (Å²) in [6, 6.07) is 5.04. The van der Waals surface area contributed by atoms with Gasteiger partial charge in [-0.25, -0.2) is 4.39 Å². The molecule has 1 saturated heterocycles. The number of hydrogen-bond acceptors (Lipinski definition) is 2. The summed E-state index contributed by atoms with van der Waals surface area (Å²) in [5.41, 5.74) is 1.52. The summed E-state index contributed by atoms with van der Waals surface area (Å²) < 4.78 is 13.5. The highest BCUT2D eigenvalue weighted by Crippen LogP contribution is 2.19. The molecular formula is C14H19FN2O. The van der Waals surface area contributed by atoms with E-state index in [0.29, 0.717) is 5.56 Å². The summed E-state index contributed by atoms with van der Waals surface area (Å²) in [6.45, 7) is 4.48. The van der Waals surface area contributed by atoms with Gasteiger partial charge in [-0.05, 0) is 37.5 Å². The van der Waals surface area contributed by atoms with Gasteiger partial charge in [0.1, 0.15) is 5.82 Å². The van der Waals surface area contributed by atoms with Gasteiger partial charge in [0, 0.05) is 19.6 Å². The normalized spacial score (nSPS) is 21.4. The molecule has 2 unspecified atom stereocenters. The van der Waals surface area contributed by atoms with Crippen molar-refractivity contribution in [2.75, 3.05) is 13.6 Å². The predicted molar refractivity (Wildman–Crippen MR) is 68.7 cm³/mol. The molecule has 0 aliphatic carbocycles. The summed E-state index contributed by atoms with van der Waals surface area (Å²) in [5.74, 6) is -0.0783. The highest BCUT2D eigenvalue weighted by molar-refractivity contribution is 5.83. The molecule has 0 bridgehead atoms. The van der Waals surface area contributed by atoms with Crippen LogP contribution in [0.4, 0.5) is 4.39 Å². The van der Waals surface area contributed by atoms with Crippen LogP contribution in [0, 0.1) is 12.7 Å². The summed E-state index contributed by atoms with van der Waals surface area (Å²) in [5, 5.41) is 3.26. The van der Waals surface area contributed by atoms with Gasteiger partial charge in [-0.2, -0.15) is 0 Å². The minimum absolute atomic E-state index is 0.0273. The first kappa shape index (κ1) is 13.0. The average Bonchev–Trinajstić information content (AvgIpc) is 2.64. The number of rotatable bonds is 3. The third-order valence-electron chi connectivity index (χ3n) is 3.57. The second-order valence-corrected chi connectivity index (χ2v) is 5.00. The number of amides is 1. The number of likely N-dealkylation sites (tertiary alicyclic amines) is 1. The molecule has 2 atom stereocenters. The lowest BCUT2D eigenvalue weighted by molar-refractivity contribution is -0.128. The molecule has 1 amide bonds. The van der Waals surface area contributed by atoms with Gasteiger partial charge in [-0.15, -0.1) is 0 Å². The topological polar surface area (TPSA) is 32.3 Å². The minimum Gasteiger partial charge on any atom is -0.344 e. The highest BCUT2D eigenvalue weighted by atomic mass is 19.1. The zero-order valence-corrected chi connectivity index (χ0v) is 11.0. The van der Waals surface area contributed by atoms with Gasteiger partial charge < -0.3 is 4.90 Å². The molecule has 1 N–H and O–H groups in total. The number of nitrogens with zero attached hydrogens (tertiary/aromatic N) is 1. The molecule has 0 spiro atoms. The van der Waals surface area contributed by atoms with E-state index in [1.807, 2.05) is 13.0 Å². The fourth-order valence-electron chi connectivity index (χ4n) is 2.25. The smallest absolute Gasteiger partial charge is 0.239 e. The first-order valence-electron chi connectivity index (χ1n) is 6.26. The largest absolute Gasteiger partial charge is 0.344 e. The van der Waals surface area contributed by atoms with Crippen LogP contribution in [0.3, 0.4) is 0 Å². The molecule has 1 fully saturated rings. The Kier molecular flexibility index (Phi) is 3.66. The maximum atomic E-state index is 13.5. The van der Waals surface area contributed by atoms with E-state index in [9.17, 15) is 9.18 Å². The molecule has 0 saturated carbocycles. The monoisotopic (exact) mass is 250 g/mol. The van der Waals surface area contributed by atoms with Crippen molar-refractivity contribution in [3.05, 3.63) is 35.1 Å². The van der Waals surface area contributed by atoms with Crippen LogP contribution >= 0.6 is 0 Å². The van der Waals surface area contributed by atoms with Gasteiger partial charge in [-0.1, -0.05) is 12.1 Å². The summed E-state index contributed by atoms with van der Waals surface area (Å²) in [4.78, 5) is 13.5. The molecular weight excluding hydrogens is 231 g/mol. The lowest BCUT2D eigenvalue weighted by Crippen LogP contribution is -2.38. The second-order valence-electron chi connectivity index (χ2n) is 5.00. The van der Waals surface area contributed by atoms with E-state index in [1.54, 1.807) is 24.9 Å². The maximum Gasteiger partial charge on any atom is 0.239 e. The van der Waals surface area contributed by atoms with E-state index < -0.39 is 0 Å². The molecule has 1 aliphatic rings. The molecule has 1 heterocycles. The zero-order chi connectivity index (χ0) is 13.3. The Labute approximate surface area is 107 Å². The zero-order valence-electron chi connectivity index (χ0n) is 11.0. The molecule has 98 valence electrons. The number of carbonyl (C=O) groups excluding carboxylic acids is 1. The summed E-state index contributed by atoms with van der Waals surface area (Å²) in [6.07, 6.45) is 0.814. The van der Waals surface area contributed by atoms with Crippen molar-refractivity contribution in [2.45, 2.75) is 32.4 Å². The van der Waals surface area contributed by atoms with E-state index in [-0.39, 0.29) is 23.8 Å². The Morgan fingerprint density at radius 1 is 1.50 bits per heavy atom. The third-order valence-corrected chi connectivity index (χ3v) is 3.57. The van der Waals surface area contributed by atoms with Crippen molar-refractivity contribution in [1.29, 1.82) is 0 Å². The number of nitrogens with one attached hydrogen (secondary N) is 1. The standard InChI is InChI=1S/C14H19FN2O/c1-9-4-5-11(8-12(9)15)10(2)16-13-6-7-17(3)14(13)18/h4-5,8,10,13,16H,6-7H2,1-3H3. The Bertz CT molecular complexity index is 461. The molecule has 2 rings (SSSR count). The fourth-order valence-corrected chi connectivity index (χ4v) is 2.25. The summed E-state index contributed by atoms with van der Waals surface area (Å²) >= 11 is 0. The molecule has 0 aromatic heterocycles. The van der Waals surface area contributed by atoms with Crippen LogP contribution in [0.25, 0.3) is 0 Å². The van der Waals surface area contributed by atoms with Crippen molar-refractivity contribution in [3.8, 4) is 0 Å². The Morgan fingerprint density at radius 2 is 2.22 bits per heavy atom. The molecule has 18 heavy (non-hydrogen) atoms. The molecule has 1 aromatic carbocycles. The van der Waals surface area contributed by atoms with Crippen molar-refractivity contribution in [2.24, 2.45) is 0 Å². The fraction of sp³-hybridized carbons (Fsp3) is 0.500. The van der Waals surface area contributed by atoms with Crippen LogP contribution in [0.2, 0.25) is 0 Å². The van der Waals surface area contributed by atoms with Gasteiger partial charge in [0.2, 0.25) is 5.91 Å². The van der Waals surface area contributed by atoms with E-state index in [0.717, 1.165) is 18.5 Å². The van der Waals surface area contributed by atoms with Crippen LogP contribution in [0.15, 0.2) is 18.2 Å². The van der Waals surface area contributed by atoms with Crippen LogP contribution in [-0.4, -0.2) is 30.4 Å². The second kappa shape index (κ2) is 5.06. The first-order chi connectivity index (χ1) is 8.49. The number of hydrogen-bond donors (Lipinski definition) is 1. The van der Waals surface area contributed by atoms with Gasteiger partial charge >= 0.3 is 0 Å². The number of aryl methyl sites for hydroxylation is 1. The highest BCUT2D eigenvalue weighted by Gasteiger charge is 2.29. The quantitative estimate of drug-likeness (QED) is 0.890. The Morgan fingerprint density at radius 3 is 2.78 bits per heavy atom. The number of likely N-dealkylation sites (N-methyl/N-ethyl adjacent to an activating group) is 1. The maximum absolute atomic E-state index is 13.5. The number of halogens is 1. The van der Waals surface area contributed by atoms with Gasteiger partial charge in [0.25, 0.3) is 0 Å². The molecule has 1 aromatic rings. The van der Waals surface area contributed by atoms with Crippen LogP contribution in [0.1, 0.15) is 30.5 Å². The van der Waals surface area contributed by atoms with E-state index in [1.165, 1.54) is 6.07 Å². The lowest BCUT2D eigenvalue weighted by atomic mass is 10.0. The predicted octanol–water partition coefficient (Wildman–Crippen LogP) is 2.02. The lowest BCUT2D eigenvalue weighted by Gasteiger charge is -2.19. The molecule has 3 nitrogen and oxygen atoms in total. The van der Waals surface area contributed by atoms with Crippen molar-refractivity contribution in [1.82, 2.24) is 10.2 Å². The Hall–Kier alpha value is -1.42. The first-order valence-corrected chi connectivity index (χ1v) is 6.26. The van der Waals surface area contributed by atoms with Crippen LogP contribution < -0.4 is 5.32 Å². The van der Waals surface area contributed by atoms with Gasteiger partial charge in [0.05, 0.1) is 6.04 Å². The SMILES string of the molecule is Cc1ccc(C(C)NC2CCN(C)C2=O)cc1F. The Balaban J connectivity index is 2.05. The molecule has 4 heteroatoms. The van der Waals surface area contributed by atoms with Crippen LogP contribution in [-0.2, 0) is 4.79 Å². The van der Waals surface area contributed by atoms with Crippen molar-refractivity contribution >= 4 is 5.91 Å². The average molecular weight is 250 g/mol. The minimum atomic E-state index is -0.198. The van der Waals surface area contributed by atoms with E-state index in [4.69, 9.17) is 0 Å². The summed E-state index contributed by atoms with van der Waals surface area (Å²) in [7, 11) is 1.81. The number of carbonyl (C=O) groups is 1. The van der Waals surface area contributed by atoms with Crippen LogP contribution in [0.5, 0.6) is 0 Å². The third kappa shape index (κ3) is 2.53.